The molecule has 0 bridgehead atoms. The van der Waals surface area contributed by atoms with Gasteiger partial charge in [0.25, 0.3) is 0 Å². The van der Waals surface area contributed by atoms with Crippen LogP contribution in [0.3, 0.4) is 0 Å². The van der Waals surface area contributed by atoms with Crippen molar-refractivity contribution in [2.24, 2.45) is 0 Å². The number of aromatic carboxylic acids is 1. The second kappa shape index (κ2) is 7.11. The molecule has 0 radical (unpaired) electrons. The van der Waals surface area contributed by atoms with E-state index in [9.17, 15) is 14.3 Å². The molecule has 1 aromatic carbocycles. The summed E-state index contributed by atoms with van der Waals surface area (Å²) in [5.74, 6) is -0.822. The van der Waals surface area contributed by atoms with E-state index < -0.39 is 11.8 Å². The lowest BCUT2D eigenvalue weighted by molar-refractivity contribution is 0.0699. The first-order valence-electron chi connectivity index (χ1n) is 8.69. The van der Waals surface area contributed by atoms with Crippen molar-refractivity contribution in [3.8, 4) is 0 Å². The van der Waals surface area contributed by atoms with E-state index in [1.807, 2.05) is 0 Å². The van der Waals surface area contributed by atoms with Crippen LogP contribution in [0.1, 0.15) is 34.5 Å². The van der Waals surface area contributed by atoms with Crippen molar-refractivity contribution in [3.05, 3.63) is 59.3 Å². The number of carboxylic acid groups (broad SMARTS) is 1. The fourth-order valence-corrected chi connectivity index (χ4v) is 3.16. The molecule has 0 unspecified atom stereocenters. The molecular weight excluding hydrogens is 347 g/mol. The molecule has 3 aromatic rings. The Morgan fingerprint density at radius 1 is 1.11 bits per heavy atom. The Bertz CT molecular complexity index is 1030. The van der Waals surface area contributed by atoms with Crippen molar-refractivity contribution in [2.75, 3.05) is 18.0 Å². The molecular formula is C20H17FN4O2. The largest absolute Gasteiger partial charge is 0.478 e. The molecule has 1 aliphatic rings. The smallest absolute Gasteiger partial charge is 0.336 e. The van der Waals surface area contributed by atoms with Gasteiger partial charge in [0.1, 0.15) is 5.82 Å². The third-order valence-corrected chi connectivity index (χ3v) is 4.52. The topological polar surface area (TPSA) is 79.2 Å². The van der Waals surface area contributed by atoms with Crippen LogP contribution in [0, 0.1) is 5.82 Å². The van der Waals surface area contributed by atoms with Gasteiger partial charge in [-0.1, -0.05) is 0 Å². The Kier molecular flexibility index (Phi) is 4.50. The number of benzene rings is 1. The van der Waals surface area contributed by atoms with Gasteiger partial charge in [-0.05, 0) is 43.2 Å². The maximum Gasteiger partial charge on any atom is 0.336 e. The van der Waals surface area contributed by atoms with Crippen LogP contribution in [0.5, 0.6) is 0 Å². The number of nitrogens with zero attached hydrogens (tertiary/aromatic N) is 4. The zero-order chi connectivity index (χ0) is 18.8. The van der Waals surface area contributed by atoms with E-state index in [2.05, 4.69) is 19.9 Å². The number of fused-ring (bicyclic) bond motifs is 1. The van der Waals surface area contributed by atoms with Crippen LogP contribution in [-0.4, -0.2) is 39.1 Å². The Hall–Kier alpha value is -3.35. The van der Waals surface area contributed by atoms with Crippen molar-refractivity contribution in [2.45, 2.75) is 12.8 Å². The molecule has 0 spiro atoms. The predicted octanol–water partition coefficient (Wildman–Crippen LogP) is 3.63. The maximum atomic E-state index is 13.5. The highest BCUT2D eigenvalue weighted by atomic mass is 19.1. The SMILES string of the molecule is O=C(O)c1cc(/C=C/c2cnc(N3CCCC3)nc2)nc2cc(F)ccc12. The van der Waals surface area contributed by atoms with Crippen LogP contribution >= 0.6 is 0 Å². The fraction of sp³-hybridized carbons (Fsp3) is 0.200. The van der Waals surface area contributed by atoms with Gasteiger partial charge in [-0.2, -0.15) is 0 Å². The number of halogens is 1. The molecule has 136 valence electrons. The first kappa shape index (κ1) is 17.1. The van der Waals surface area contributed by atoms with Crippen molar-refractivity contribution in [3.63, 3.8) is 0 Å². The highest BCUT2D eigenvalue weighted by molar-refractivity contribution is 6.03. The van der Waals surface area contributed by atoms with Crippen molar-refractivity contribution in [1.29, 1.82) is 0 Å². The lowest BCUT2D eigenvalue weighted by atomic mass is 10.1. The van der Waals surface area contributed by atoms with Gasteiger partial charge in [-0.3, -0.25) is 0 Å². The first-order valence-corrected chi connectivity index (χ1v) is 8.69. The molecule has 0 amide bonds. The standard InChI is InChI=1S/C20H17FN4O2/c21-14-4-6-16-17(19(26)27)10-15(24-18(16)9-14)5-3-13-11-22-20(23-12-13)25-7-1-2-8-25/h3-6,9-12H,1-2,7-8H2,(H,26,27)/b5-3+. The minimum absolute atomic E-state index is 0.0836. The van der Waals surface area contributed by atoms with Crippen LogP contribution in [0.2, 0.25) is 0 Å². The number of hydrogen-bond donors (Lipinski definition) is 1. The molecule has 1 aliphatic heterocycles. The number of pyridine rings is 1. The van der Waals surface area contributed by atoms with Gasteiger partial charge in [-0.25, -0.2) is 24.1 Å². The van der Waals surface area contributed by atoms with E-state index >= 15 is 0 Å². The third kappa shape index (κ3) is 3.62. The van der Waals surface area contributed by atoms with Crippen LogP contribution in [0.4, 0.5) is 10.3 Å². The summed E-state index contributed by atoms with van der Waals surface area (Å²) >= 11 is 0. The molecule has 7 heteroatoms. The molecule has 0 saturated carbocycles. The van der Waals surface area contributed by atoms with Crippen LogP contribution in [0.25, 0.3) is 23.1 Å². The highest BCUT2D eigenvalue weighted by Crippen LogP contribution is 2.21. The Labute approximate surface area is 155 Å². The number of anilines is 1. The van der Waals surface area contributed by atoms with Crippen molar-refractivity contribution < 1.29 is 14.3 Å². The summed E-state index contributed by atoms with van der Waals surface area (Å²) in [7, 11) is 0. The number of rotatable bonds is 4. The van der Waals surface area contributed by atoms with Crippen molar-refractivity contribution in [1.82, 2.24) is 15.0 Å². The Balaban J connectivity index is 1.63. The van der Waals surface area contributed by atoms with Gasteiger partial charge in [0.15, 0.2) is 0 Å². The molecule has 0 aliphatic carbocycles. The van der Waals surface area contributed by atoms with Crippen molar-refractivity contribution >= 4 is 35.0 Å². The molecule has 1 saturated heterocycles. The molecule has 3 heterocycles. The summed E-state index contributed by atoms with van der Waals surface area (Å²) in [6.07, 6.45) is 9.18. The zero-order valence-electron chi connectivity index (χ0n) is 14.5. The molecule has 2 aromatic heterocycles. The minimum atomic E-state index is -1.08. The molecule has 4 rings (SSSR count). The molecule has 0 atom stereocenters. The van der Waals surface area contributed by atoms with Gasteiger partial charge < -0.3 is 10.0 Å². The average molecular weight is 364 g/mol. The van der Waals surface area contributed by atoms with E-state index in [0.29, 0.717) is 16.6 Å². The summed E-state index contributed by atoms with van der Waals surface area (Å²) in [6.45, 7) is 1.95. The predicted molar refractivity (Wildman–Crippen MR) is 101 cm³/mol. The van der Waals surface area contributed by atoms with Gasteiger partial charge in [-0.15, -0.1) is 0 Å². The molecule has 6 nitrogen and oxygen atoms in total. The molecule has 1 fully saturated rings. The minimum Gasteiger partial charge on any atom is -0.478 e. The summed E-state index contributed by atoms with van der Waals surface area (Å²) in [5, 5.41) is 9.83. The van der Waals surface area contributed by atoms with Crippen LogP contribution in [-0.2, 0) is 0 Å². The second-order valence-corrected chi connectivity index (χ2v) is 6.41. The molecule has 1 N–H and O–H groups in total. The van der Waals surface area contributed by atoms with E-state index in [4.69, 9.17) is 0 Å². The lowest BCUT2D eigenvalue weighted by Gasteiger charge is -2.14. The van der Waals surface area contributed by atoms with Gasteiger partial charge in [0.2, 0.25) is 5.95 Å². The maximum absolute atomic E-state index is 13.5. The number of hydrogen-bond acceptors (Lipinski definition) is 5. The number of carbonyl (C=O) groups is 1. The average Bonchev–Trinajstić information content (AvgIpc) is 3.20. The third-order valence-electron chi connectivity index (χ3n) is 4.52. The zero-order valence-corrected chi connectivity index (χ0v) is 14.5. The lowest BCUT2D eigenvalue weighted by Crippen LogP contribution is -2.20. The quantitative estimate of drug-likeness (QED) is 0.761. The highest BCUT2D eigenvalue weighted by Gasteiger charge is 2.14. The molecule has 27 heavy (non-hydrogen) atoms. The monoisotopic (exact) mass is 364 g/mol. The van der Waals surface area contributed by atoms with E-state index in [0.717, 1.165) is 37.4 Å². The van der Waals surface area contributed by atoms with Gasteiger partial charge in [0, 0.05) is 42.5 Å². The summed E-state index contributed by atoms with van der Waals surface area (Å²) < 4.78 is 13.5. The summed E-state index contributed by atoms with van der Waals surface area (Å²) in [4.78, 5) is 26.8. The van der Waals surface area contributed by atoms with Gasteiger partial charge >= 0.3 is 5.97 Å². The normalized spacial score (nSPS) is 14.3. The van der Waals surface area contributed by atoms with Crippen LogP contribution < -0.4 is 4.90 Å². The number of aromatic nitrogens is 3. The van der Waals surface area contributed by atoms with Gasteiger partial charge in [0.05, 0.1) is 16.8 Å². The van der Waals surface area contributed by atoms with E-state index in [1.165, 1.54) is 24.3 Å². The first-order chi connectivity index (χ1) is 13.1. The Morgan fingerprint density at radius 2 is 1.85 bits per heavy atom. The Morgan fingerprint density at radius 3 is 2.56 bits per heavy atom. The van der Waals surface area contributed by atoms with E-state index in [-0.39, 0.29) is 5.56 Å². The van der Waals surface area contributed by atoms with Crippen LogP contribution in [0.15, 0.2) is 36.7 Å². The van der Waals surface area contributed by atoms with E-state index in [1.54, 1.807) is 24.5 Å². The summed E-state index contributed by atoms with van der Waals surface area (Å²) in [5.41, 5.74) is 1.58. The second-order valence-electron chi connectivity index (χ2n) is 6.41. The fourth-order valence-electron chi connectivity index (χ4n) is 3.16. The number of carboxylic acids is 1. The summed E-state index contributed by atoms with van der Waals surface area (Å²) in [6, 6.07) is 5.36.